The van der Waals surface area contributed by atoms with Crippen LogP contribution in [0, 0.1) is 20.8 Å². The first-order valence-corrected chi connectivity index (χ1v) is 7.10. The number of benzene rings is 1. The first-order chi connectivity index (χ1) is 8.49. The summed E-state index contributed by atoms with van der Waals surface area (Å²) in [5, 5.41) is 3.47. The third-order valence-corrected chi connectivity index (χ3v) is 4.73. The molecule has 94 valence electrons. The lowest BCUT2D eigenvalue weighted by Crippen LogP contribution is -2.12. The Morgan fingerprint density at radius 1 is 1.33 bits per heavy atom. The SMILES string of the molecule is Cc1cccc(C(=O)Nc2nc(C)c(C)s2)c1Br. The van der Waals surface area contributed by atoms with Gasteiger partial charge in [-0.2, -0.15) is 0 Å². The number of thiazole rings is 1. The Bertz CT molecular complexity index is 588. The monoisotopic (exact) mass is 324 g/mol. The van der Waals surface area contributed by atoms with Gasteiger partial charge in [0.05, 0.1) is 11.3 Å². The highest BCUT2D eigenvalue weighted by atomic mass is 79.9. The second-order valence-corrected chi connectivity index (χ2v) is 6.05. The Morgan fingerprint density at radius 3 is 2.67 bits per heavy atom. The number of nitrogens with one attached hydrogen (secondary N) is 1. The first kappa shape index (κ1) is 13.2. The number of halogens is 1. The fourth-order valence-electron chi connectivity index (χ4n) is 1.51. The summed E-state index contributed by atoms with van der Waals surface area (Å²) in [6.07, 6.45) is 0. The maximum Gasteiger partial charge on any atom is 0.258 e. The van der Waals surface area contributed by atoms with Crippen LogP contribution in [0.25, 0.3) is 0 Å². The molecule has 1 heterocycles. The van der Waals surface area contributed by atoms with Crippen molar-refractivity contribution in [3.05, 3.63) is 44.4 Å². The Labute approximate surface area is 118 Å². The fourth-order valence-corrected chi connectivity index (χ4v) is 2.77. The standard InChI is InChI=1S/C13H13BrN2OS/c1-7-5-4-6-10(11(7)14)12(17)16-13-15-8(2)9(3)18-13/h4-6H,1-3H3,(H,15,16,17). The zero-order valence-corrected chi connectivity index (χ0v) is 12.8. The average molecular weight is 325 g/mol. The maximum atomic E-state index is 12.1. The minimum atomic E-state index is -0.140. The van der Waals surface area contributed by atoms with Crippen molar-refractivity contribution in [2.75, 3.05) is 5.32 Å². The van der Waals surface area contributed by atoms with Crippen molar-refractivity contribution < 1.29 is 4.79 Å². The number of rotatable bonds is 2. The Morgan fingerprint density at radius 2 is 2.06 bits per heavy atom. The summed E-state index contributed by atoms with van der Waals surface area (Å²) >= 11 is 4.93. The molecule has 1 N–H and O–H groups in total. The van der Waals surface area contributed by atoms with Crippen LogP contribution >= 0.6 is 27.3 Å². The highest BCUT2D eigenvalue weighted by molar-refractivity contribution is 9.10. The summed E-state index contributed by atoms with van der Waals surface area (Å²) in [5.41, 5.74) is 2.62. The van der Waals surface area contributed by atoms with Crippen molar-refractivity contribution in [2.45, 2.75) is 20.8 Å². The number of anilines is 1. The van der Waals surface area contributed by atoms with Gasteiger partial charge in [0.1, 0.15) is 0 Å². The molecule has 0 fully saturated rings. The number of carbonyl (C=O) groups is 1. The van der Waals surface area contributed by atoms with Crippen LogP contribution in [-0.4, -0.2) is 10.9 Å². The molecule has 0 bridgehead atoms. The highest BCUT2D eigenvalue weighted by Crippen LogP contribution is 2.25. The molecule has 0 spiro atoms. The van der Waals surface area contributed by atoms with Crippen molar-refractivity contribution in [1.29, 1.82) is 0 Å². The quantitative estimate of drug-likeness (QED) is 0.904. The minimum absolute atomic E-state index is 0.140. The predicted octanol–water partition coefficient (Wildman–Crippen LogP) is 4.08. The summed E-state index contributed by atoms with van der Waals surface area (Å²) in [5.74, 6) is -0.140. The molecule has 0 aliphatic rings. The van der Waals surface area contributed by atoms with Crippen molar-refractivity contribution in [1.82, 2.24) is 4.98 Å². The van der Waals surface area contributed by atoms with Gasteiger partial charge < -0.3 is 0 Å². The number of nitrogens with zero attached hydrogens (tertiary/aromatic N) is 1. The van der Waals surface area contributed by atoms with Crippen LogP contribution in [0.2, 0.25) is 0 Å². The van der Waals surface area contributed by atoms with Crippen LogP contribution < -0.4 is 5.32 Å². The van der Waals surface area contributed by atoms with Crippen LogP contribution in [0.1, 0.15) is 26.5 Å². The molecular formula is C13H13BrN2OS. The molecule has 0 radical (unpaired) electrons. The van der Waals surface area contributed by atoms with Crippen LogP contribution in [0.15, 0.2) is 22.7 Å². The number of hydrogen-bond donors (Lipinski definition) is 1. The molecule has 1 aromatic carbocycles. The summed E-state index contributed by atoms with van der Waals surface area (Å²) in [7, 11) is 0. The van der Waals surface area contributed by atoms with E-state index >= 15 is 0 Å². The number of amides is 1. The summed E-state index contributed by atoms with van der Waals surface area (Å²) in [4.78, 5) is 17.6. The van der Waals surface area contributed by atoms with Gasteiger partial charge in [-0.1, -0.05) is 12.1 Å². The van der Waals surface area contributed by atoms with E-state index in [0.717, 1.165) is 20.6 Å². The van der Waals surface area contributed by atoms with Gasteiger partial charge in [0, 0.05) is 9.35 Å². The van der Waals surface area contributed by atoms with Crippen LogP contribution in [0.3, 0.4) is 0 Å². The predicted molar refractivity (Wildman–Crippen MR) is 78.4 cm³/mol. The first-order valence-electron chi connectivity index (χ1n) is 5.49. The van der Waals surface area contributed by atoms with Gasteiger partial charge in [-0.3, -0.25) is 10.1 Å². The lowest BCUT2D eigenvalue weighted by Gasteiger charge is -2.06. The van der Waals surface area contributed by atoms with E-state index < -0.39 is 0 Å². The second kappa shape index (κ2) is 5.20. The van der Waals surface area contributed by atoms with E-state index in [4.69, 9.17) is 0 Å². The smallest absolute Gasteiger partial charge is 0.258 e. The molecule has 0 aliphatic heterocycles. The van der Waals surface area contributed by atoms with Gasteiger partial charge in [-0.05, 0) is 48.3 Å². The van der Waals surface area contributed by atoms with Gasteiger partial charge in [0.2, 0.25) is 0 Å². The van der Waals surface area contributed by atoms with E-state index in [1.165, 1.54) is 11.3 Å². The van der Waals surface area contributed by atoms with E-state index in [-0.39, 0.29) is 5.91 Å². The largest absolute Gasteiger partial charge is 0.298 e. The molecule has 2 aromatic rings. The molecule has 5 heteroatoms. The number of aryl methyl sites for hydroxylation is 3. The molecule has 18 heavy (non-hydrogen) atoms. The maximum absolute atomic E-state index is 12.1. The zero-order valence-electron chi connectivity index (χ0n) is 10.4. The fraction of sp³-hybridized carbons (Fsp3) is 0.231. The molecule has 0 saturated carbocycles. The minimum Gasteiger partial charge on any atom is -0.298 e. The number of carbonyl (C=O) groups excluding carboxylic acids is 1. The summed E-state index contributed by atoms with van der Waals surface area (Å²) in [6.45, 7) is 5.88. The van der Waals surface area contributed by atoms with E-state index in [1.54, 1.807) is 6.07 Å². The molecule has 0 atom stereocenters. The van der Waals surface area contributed by atoms with E-state index in [0.29, 0.717) is 10.7 Å². The normalized spacial score (nSPS) is 10.4. The van der Waals surface area contributed by atoms with Gasteiger partial charge in [-0.15, -0.1) is 11.3 Å². The molecule has 2 rings (SSSR count). The summed E-state index contributed by atoms with van der Waals surface area (Å²) in [6, 6.07) is 5.62. The van der Waals surface area contributed by atoms with Gasteiger partial charge in [0.25, 0.3) is 5.91 Å². The van der Waals surface area contributed by atoms with E-state index in [9.17, 15) is 4.79 Å². The lowest BCUT2D eigenvalue weighted by molar-refractivity contribution is 0.102. The molecule has 0 saturated heterocycles. The second-order valence-electron chi connectivity index (χ2n) is 4.05. The third-order valence-electron chi connectivity index (χ3n) is 2.69. The molecule has 1 aromatic heterocycles. The summed E-state index contributed by atoms with van der Waals surface area (Å²) < 4.78 is 0.826. The van der Waals surface area contributed by atoms with Crippen molar-refractivity contribution in [3.8, 4) is 0 Å². The van der Waals surface area contributed by atoms with E-state index in [1.807, 2.05) is 32.9 Å². The van der Waals surface area contributed by atoms with Crippen LogP contribution in [-0.2, 0) is 0 Å². The molecular weight excluding hydrogens is 312 g/mol. The molecule has 0 aliphatic carbocycles. The molecule has 1 amide bonds. The Hall–Kier alpha value is -1.20. The zero-order chi connectivity index (χ0) is 13.3. The Kier molecular flexibility index (Phi) is 3.82. The van der Waals surface area contributed by atoms with Crippen LogP contribution in [0.5, 0.6) is 0 Å². The van der Waals surface area contributed by atoms with Crippen molar-refractivity contribution in [2.24, 2.45) is 0 Å². The van der Waals surface area contributed by atoms with Crippen LogP contribution in [0.4, 0.5) is 5.13 Å². The van der Waals surface area contributed by atoms with E-state index in [2.05, 4.69) is 26.2 Å². The topological polar surface area (TPSA) is 42.0 Å². The molecule has 0 unspecified atom stereocenters. The average Bonchev–Trinajstić information content (AvgIpc) is 2.61. The highest BCUT2D eigenvalue weighted by Gasteiger charge is 2.13. The number of aromatic nitrogens is 1. The van der Waals surface area contributed by atoms with Crippen molar-refractivity contribution in [3.63, 3.8) is 0 Å². The Balaban J connectivity index is 2.24. The number of hydrogen-bond acceptors (Lipinski definition) is 3. The third kappa shape index (κ3) is 2.62. The van der Waals surface area contributed by atoms with Gasteiger partial charge in [-0.25, -0.2) is 4.98 Å². The van der Waals surface area contributed by atoms with Crippen molar-refractivity contribution >= 4 is 38.3 Å². The lowest BCUT2D eigenvalue weighted by atomic mass is 10.1. The van der Waals surface area contributed by atoms with Gasteiger partial charge >= 0.3 is 0 Å². The molecule has 3 nitrogen and oxygen atoms in total. The van der Waals surface area contributed by atoms with Gasteiger partial charge in [0.15, 0.2) is 5.13 Å².